The van der Waals surface area contributed by atoms with Crippen LogP contribution in [0.25, 0.3) is 0 Å². The Morgan fingerprint density at radius 1 is 1.22 bits per heavy atom. The fourth-order valence-electron chi connectivity index (χ4n) is 2.67. The number of carbonyl (C=O) groups is 2. The lowest BCUT2D eigenvalue weighted by Gasteiger charge is -2.22. The van der Waals surface area contributed by atoms with Gasteiger partial charge in [-0.2, -0.15) is 0 Å². The summed E-state index contributed by atoms with van der Waals surface area (Å²) < 4.78 is 4.63. The van der Waals surface area contributed by atoms with Gasteiger partial charge in [0.25, 0.3) is 0 Å². The van der Waals surface area contributed by atoms with Crippen LogP contribution in [0.15, 0.2) is 24.3 Å². The first-order valence-electron chi connectivity index (χ1n) is 7.83. The maximum Gasteiger partial charge on any atom is 0.309 e. The van der Waals surface area contributed by atoms with E-state index in [-0.39, 0.29) is 30.7 Å². The fourth-order valence-corrected chi connectivity index (χ4v) is 2.67. The molecule has 0 spiro atoms. The molecule has 0 atom stereocenters. The van der Waals surface area contributed by atoms with Crippen molar-refractivity contribution in [1.29, 1.82) is 0 Å². The zero-order chi connectivity index (χ0) is 15.8. The third kappa shape index (κ3) is 7.01. The molecule has 0 unspecified atom stereocenters. The maximum absolute atomic E-state index is 12.0. The van der Waals surface area contributed by atoms with Crippen LogP contribution in [0.5, 0.6) is 0 Å². The van der Waals surface area contributed by atoms with Crippen LogP contribution >= 0.6 is 12.4 Å². The Bertz CT molecular complexity index is 499. The second-order valence-corrected chi connectivity index (χ2v) is 5.73. The van der Waals surface area contributed by atoms with Gasteiger partial charge in [0.1, 0.15) is 0 Å². The van der Waals surface area contributed by atoms with Gasteiger partial charge >= 0.3 is 5.97 Å². The highest BCUT2D eigenvalue weighted by atomic mass is 35.5. The summed E-state index contributed by atoms with van der Waals surface area (Å²) >= 11 is 0. The first-order chi connectivity index (χ1) is 10.7. The molecule has 1 aromatic carbocycles. The molecule has 23 heavy (non-hydrogen) atoms. The monoisotopic (exact) mass is 340 g/mol. The standard InChI is InChI=1S/C17H24N2O3.ClH/c1-22-17(21)12-14-2-5-15(6-3-14)19-16(20)7-4-13-8-10-18-11-9-13;/h2-3,5-6,13,18H,4,7-12H2,1H3,(H,19,20);1H. The van der Waals surface area contributed by atoms with E-state index < -0.39 is 0 Å². The van der Waals surface area contributed by atoms with E-state index in [4.69, 9.17) is 0 Å². The van der Waals surface area contributed by atoms with Gasteiger partial charge in [0.15, 0.2) is 0 Å². The van der Waals surface area contributed by atoms with Crippen LogP contribution in [-0.2, 0) is 20.7 Å². The van der Waals surface area contributed by atoms with E-state index in [0.29, 0.717) is 12.3 Å². The van der Waals surface area contributed by atoms with E-state index in [0.717, 1.165) is 43.6 Å². The number of hydrogen-bond acceptors (Lipinski definition) is 4. The summed E-state index contributed by atoms with van der Waals surface area (Å²) in [6.45, 7) is 2.13. The fraction of sp³-hybridized carbons (Fsp3) is 0.529. The lowest BCUT2D eigenvalue weighted by Crippen LogP contribution is -2.28. The SMILES string of the molecule is COC(=O)Cc1ccc(NC(=O)CCC2CCNCC2)cc1.Cl. The summed E-state index contributed by atoms with van der Waals surface area (Å²) in [4.78, 5) is 23.1. The third-order valence-electron chi connectivity index (χ3n) is 4.05. The number of carbonyl (C=O) groups excluding carboxylic acids is 2. The molecule has 0 bridgehead atoms. The molecule has 6 heteroatoms. The lowest BCUT2D eigenvalue weighted by molar-refractivity contribution is -0.139. The van der Waals surface area contributed by atoms with Crippen molar-refractivity contribution >= 4 is 30.0 Å². The Labute approximate surface area is 143 Å². The number of piperidine rings is 1. The Kier molecular flexibility index (Phi) is 8.66. The summed E-state index contributed by atoms with van der Waals surface area (Å²) in [6, 6.07) is 7.31. The van der Waals surface area contributed by atoms with Crippen molar-refractivity contribution in [2.45, 2.75) is 32.1 Å². The second kappa shape index (κ2) is 10.2. The predicted molar refractivity (Wildman–Crippen MR) is 92.9 cm³/mol. The summed E-state index contributed by atoms with van der Waals surface area (Å²) in [7, 11) is 1.37. The molecule has 128 valence electrons. The Morgan fingerprint density at radius 2 is 1.87 bits per heavy atom. The van der Waals surface area contributed by atoms with Crippen LogP contribution < -0.4 is 10.6 Å². The van der Waals surface area contributed by atoms with Crippen molar-refractivity contribution in [3.05, 3.63) is 29.8 Å². The third-order valence-corrected chi connectivity index (χ3v) is 4.05. The van der Waals surface area contributed by atoms with Crippen LogP contribution in [0.4, 0.5) is 5.69 Å². The van der Waals surface area contributed by atoms with Gasteiger partial charge in [0, 0.05) is 12.1 Å². The number of esters is 1. The number of rotatable bonds is 6. The van der Waals surface area contributed by atoms with Gasteiger partial charge in [-0.15, -0.1) is 12.4 Å². The molecular weight excluding hydrogens is 316 g/mol. The van der Waals surface area contributed by atoms with E-state index in [1.807, 2.05) is 24.3 Å². The van der Waals surface area contributed by atoms with Crippen molar-refractivity contribution < 1.29 is 14.3 Å². The lowest BCUT2D eigenvalue weighted by atomic mass is 9.93. The molecule has 1 saturated heterocycles. The van der Waals surface area contributed by atoms with Gasteiger partial charge in [-0.25, -0.2) is 0 Å². The summed E-state index contributed by atoms with van der Waals surface area (Å²) in [5.74, 6) is 0.451. The van der Waals surface area contributed by atoms with E-state index in [1.165, 1.54) is 7.11 Å². The molecule has 1 aromatic rings. The highest BCUT2D eigenvalue weighted by molar-refractivity contribution is 5.90. The van der Waals surface area contributed by atoms with Gasteiger partial charge in [0.2, 0.25) is 5.91 Å². The van der Waals surface area contributed by atoms with Crippen molar-refractivity contribution in [3.63, 3.8) is 0 Å². The number of anilines is 1. The van der Waals surface area contributed by atoms with Crippen molar-refractivity contribution in [3.8, 4) is 0 Å². The Balaban J connectivity index is 0.00000264. The van der Waals surface area contributed by atoms with E-state index in [9.17, 15) is 9.59 Å². The van der Waals surface area contributed by atoms with Crippen molar-refractivity contribution in [2.24, 2.45) is 5.92 Å². The molecule has 0 aromatic heterocycles. The van der Waals surface area contributed by atoms with E-state index >= 15 is 0 Å². The molecule has 2 N–H and O–H groups in total. The first-order valence-corrected chi connectivity index (χ1v) is 7.83. The molecular formula is C17H25ClN2O3. The molecule has 1 aliphatic rings. The zero-order valence-corrected chi connectivity index (χ0v) is 14.3. The van der Waals surface area contributed by atoms with E-state index in [1.54, 1.807) is 0 Å². The second-order valence-electron chi connectivity index (χ2n) is 5.73. The summed E-state index contributed by atoms with van der Waals surface area (Å²) in [5, 5.41) is 6.24. The molecule has 1 fully saturated rings. The minimum Gasteiger partial charge on any atom is -0.469 e. The van der Waals surface area contributed by atoms with Crippen LogP contribution in [0.3, 0.4) is 0 Å². The number of halogens is 1. The van der Waals surface area contributed by atoms with E-state index in [2.05, 4.69) is 15.4 Å². The van der Waals surface area contributed by atoms with Gasteiger partial charge < -0.3 is 15.4 Å². The van der Waals surface area contributed by atoms with Crippen molar-refractivity contribution in [1.82, 2.24) is 5.32 Å². The molecule has 0 saturated carbocycles. The maximum atomic E-state index is 12.0. The number of amides is 1. The largest absolute Gasteiger partial charge is 0.469 e. The topological polar surface area (TPSA) is 67.4 Å². The molecule has 1 heterocycles. The van der Waals surface area contributed by atoms with Crippen LogP contribution in [0.1, 0.15) is 31.2 Å². The van der Waals surface area contributed by atoms with Gasteiger partial charge in [-0.1, -0.05) is 12.1 Å². The summed E-state index contributed by atoms with van der Waals surface area (Å²) in [6.07, 6.45) is 4.09. The molecule has 2 rings (SSSR count). The van der Waals surface area contributed by atoms with Crippen LogP contribution in [-0.4, -0.2) is 32.1 Å². The zero-order valence-electron chi connectivity index (χ0n) is 13.5. The number of benzene rings is 1. The smallest absolute Gasteiger partial charge is 0.309 e. The first kappa shape index (κ1) is 19.5. The van der Waals surface area contributed by atoms with Crippen LogP contribution in [0.2, 0.25) is 0 Å². The molecule has 1 aliphatic heterocycles. The minimum atomic E-state index is -0.265. The van der Waals surface area contributed by atoms with Gasteiger partial charge in [-0.3, -0.25) is 9.59 Å². The minimum absolute atomic E-state index is 0. The highest BCUT2D eigenvalue weighted by Crippen LogP contribution is 2.18. The average molecular weight is 341 g/mol. The number of methoxy groups -OCH3 is 1. The number of ether oxygens (including phenoxy) is 1. The predicted octanol–water partition coefficient (Wildman–Crippen LogP) is 2.54. The van der Waals surface area contributed by atoms with Crippen LogP contribution in [0, 0.1) is 5.92 Å². The highest BCUT2D eigenvalue weighted by Gasteiger charge is 2.14. The summed E-state index contributed by atoms with van der Waals surface area (Å²) in [5.41, 5.74) is 1.64. The molecule has 0 aliphatic carbocycles. The molecule has 1 amide bonds. The Hall–Kier alpha value is -1.59. The molecule has 0 radical (unpaired) electrons. The van der Waals surface area contributed by atoms with Crippen molar-refractivity contribution in [2.75, 3.05) is 25.5 Å². The normalized spacial score (nSPS) is 14.7. The molecule has 5 nitrogen and oxygen atoms in total. The Morgan fingerprint density at radius 3 is 2.48 bits per heavy atom. The van der Waals surface area contributed by atoms with Gasteiger partial charge in [0.05, 0.1) is 13.5 Å². The number of hydrogen-bond donors (Lipinski definition) is 2. The average Bonchev–Trinajstić information content (AvgIpc) is 2.55. The quantitative estimate of drug-likeness (QED) is 0.781. The van der Waals surface area contributed by atoms with Gasteiger partial charge in [-0.05, 0) is 56.0 Å². The number of nitrogens with one attached hydrogen (secondary N) is 2.